The minimum atomic E-state index is 0. The Hall–Kier alpha value is -0.320. The second-order valence-corrected chi connectivity index (χ2v) is 5.55. The molecule has 2 rings (SSSR count). The van der Waals surface area contributed by atoms with E-state index in [4.69, 9.17) is 5.11 Å². The summed E-state index contributed by atoms with van der Waals surface area (Å²) in [7, 11) is 2.19. The first-order valence-electron chi connectivity index (χ1n) is 7.37. The van der Waals surface area contributed by atoms with Crippen molar-refractivity contribution in [3.63, 3.8) is 0 Å². The average Bonchev–Trinajstić information content (AvgIpc) is 2.46. The maximum Gasteiger partial charge on any atom is 0.0443 e. The number of hydrogen-bond donors (Lipinski definition) is 1. The van der Waals surface area contributed by atoms with Crippen LogP contribution in [0.5, 0.6) is 0 Å². The van der Waals surface area contributed by atoms with Gasteiger partial charge in [0.1, 0.15) is 0 Å². The molecule has 0 spiro atoms. The van der Waals surface area contributed by atoms with Crippen LogP contribution in [0, 0.1) is 0 Å². The third-order valence-electron chi connectivity index (χ3n) is 4.10. The van der Waals surface area contributed by atoms with E-state index in [2.05, 4.69) is 47.2 Å². The van der Waals surface area contributed by atoms with Crippen LogP contribution >= 0.6 is 24.8 Å². The van der Waals surface area contributed by atoms with Gasteiger partial charge in [-0.1, -0.05) is 30.3 Å². The monoisotopic (exact) mass is 334 g/mol. The molecule has 3 nitrogen and oxygen atoms in total. The standard InChI is InChI=1S/C16H26N2O.2ClH/c1-17(10-5-13-19)16-8-11-18(12-9-16)14-15-6-3-2-4-7-15;;/h2-4,6-7,16,19H,5,8-14H2,1H3;2*1H. The van der Waals surface area contributed by atoms with Gasteiger partial charge in [-0.25, -0.2) is 0 Å². The van der Waals surface area contributed by atoms with Crippen LogP contribution in [0.1, 0.15) is 24.8 Å². The maximum absolute atomic E-state index is 8.88. The minimum absolute atomic E-state index is 0. The second-order valence-electron chi connectivity index (χ2n) is 5.55. The second kappa shape index (κ2) is 11.3. The van der Waals surface area contributed by atoms with Gasteiger partial charge in [-0.15, -0.1) is 24.8 Å². The lowest BCUT2D eigenvalue weighted by atomic mass is 10.0. The molecule has 122 valence electrons. The normalized spacial score (nSPS) is 16.3. The van der Waals surface area contributed by atoms with Gasteiger partial charge in [-0.2, -0.15) is 0 Å². The van der Waals surface area contributed by atoms with Crippen LogP contribution in [0.3, 0.4) is 0 Å². The zero-order chi connectivity index (χ0) is 13.5. The highest BCUT2D eigenvalue weighted by molar-refractivity contribution is 5.85. The van der Waals surface area contributed by atoms with Crippen LogP contribution in [0.25, 0.3) is 0 Å². The predicted octanol–water partition coefficient (Wildman–Crippen LogP) is 2.81. The Morgan fingerprint density at radius 2 is 1.76 bits per heavy atom. The third-order valence-corrected chi connectivity index (χ3v) is 4.10. The summed E-state index contributed by atoms with van der Waals surface area (Å²) in [5.74, 6) is 0. The van der Waals surface area contributed by atoms with Crippen LogP contribution in [-0.4, -0.2) is 54.2 Å². The quantitative estimate of drug-likeness (QED) is 0.866. The molecule has 1 aromatic carbocycles. The molecule has 1 fully saturated rings. The lowest BCUT2D eigenvalue weighted by molar-refractivity contribution is 0.117. The highest BCUT2D eigenvalue weighted by Gasteiger charge is 2.21. The van der Waals surface area contributed by atoms with E-state index < -0.39 is 0 Å². The Kier molecular flexibility index (Phi) is 11.1. The number of piperidine rings is 1. The van der Waals surface area contributed by atoms with Gasteiger partial charge in [-0.3, -0.25) is 4.90 Å². The average molecular weight is 335 g/mol. The summed E-state index contributed by atoms with van der Waals surface area (Å²) in [6.45, 7) is 4.76. The van der Waals surface area contributed by atoms with Gasteiger partial charge in [0, 0.05) is 25.7 Å². The van der Waals surface area contributed by atoms with Gasteiger partial charge >= 0.3 is 0 Å². The van der Waals surface area contributed by atoms with Crippen LogP contribution in [-0.2, 0) is 6.54 Å². The molecule has 1 aliphatic heterocycles. The van der Waals surface area contributed by atoms with E-state index in [0.29, 0.717) is 12.6 Å². The third kappa shape index (κ3) is 6.98. The minimum Gasteiger partial charge on any atom is -0.396 e. The summed E-state index contributed by atoms with van der Waals surface area (Å²) < 4.78 is 0. The van der Waals surface area contributed by atoms with Crippen molar-refractivity contribution < 1.29 is 5.11 Å². The molecule has 1 N–H and O–H groups in total. The molecular formula is C16H28Cl2N2O. The fourth-order valence-corrected chi connectivity index (χ4v) is 2.86. The Balaban J connectivity index is 0.00000200. The lowest BCUT2D eigenvalue weighted by Crippen LogP contribution is -2.43. The Labute approximate surface area is 141 Å². The zero-order valence-corrected chi connectivity index (χ0v) is 14.4. The fraction of sp³-hybridized carbons (Fsp3) is 0.625. The Bertz CT molecular complexity index is 357. The zero-order valence-electron chi connectivity index (χ0n) is 12.8. The highest BCUT2D eigenvalue weighted by Crippen LogP contribution is 2.17. The van der Waals surface area contributed by atoms with Crippen LogP contribution < -0.4 is 0 Å². The largest absolute Gasteiger partial charge is 0.396 e. The molecule has 5 heteroatoms. The van der Waals surface area contributed by atoms with Crippen LogP contribution in [0.15, 0.2) is 30.3 Å². The van der Waals surface area contributed by atoms with E-state index in [1.807, 2.05) is 0 Å². The number of likely N-dealkylation sites (tertiary alicyclic amines) is 1. The molecule has 21 heavy (non-hydrogen) atoms. The maximum atomic E-state index is 8.88. The van der Waals surface area contributed by atoms with Gasteiger partial charge in [0.05, 0.1) is 0 Å². The van der Waals surface area contributed by atoms with Gasteiger partial charge < -0.3 is 10.0 Å². The molecule has 0 unspecified atom stereocenters. The Morgan fingerprint density at radius 3 is 2.33 bits per heavy atom. The first kappa shape index (κ1) is 20.7. The molecule has 0 atom stereocenters. The van der Waals surface area contributed by atoms with E-state index in [1.165, 1.54) is 31.5 Å². The lowest BCUT2D eigenvalue weighted by Gasteiger charge is -2.36. The molecule has 0 saturated carbocycles. The van der Waals surface area contributed by atoms with Gasteiger partial charge in [0.25, 0.3) is 0 Å². The number of aliphatic hydroxyl groups is 1. The molecule has 1 aromatic rings. The van der Waals surface area contributed by atoms with Crippen molar-refractivity contribution in [1.29, 1.82) is 0 Å². The van der Waals surface area contributed by atoms with E-state index in [9.17, 15) is 0 Å². The topological polar surface area (TPSA) is 26.7 Å². The summed E-state index contributed by atoms with van der Waals surface area (Å²) in [5.41, 5.74) is 1.41. The molecule has 0 aliphatic carbocycles. The van der Waals surface area contributed by atoms with Crippen molar-refractivity contribution in [1.82, 2.24) is 9.80 Å². The van der Waals surface area contributed by atoms with E-state index >= 15 is 0 Å². The molecule has 0 aromatic heterocycles. The molecule has 0 radical (unpaired) electrons. The summed E-state index contributed by atoms with van der Waals surface area (Å²) in [6, 6.07) is 11.4. The van der Waals surface area contributed by atoms with Gasteiger partial charge in [-0.05, 0) is 45.0 Å². The summed E-state index contributed by atoms with van der Waals surface area (Å²) in [5, 5.41) is 8.88. The van der Waals surface area contributed by atoms with Crippen molar-refractivity contribution in [2.24, 2.45) is 0 Å². The first-order valence-corrected chi connectivity index (χ1v) is 7.37. The van der Waals surface area contributed by atoms with Crippen molar-refractivity contribution >= 4 is 24.8 Å². The molecule has 1 aliphatic rings. The number of aliphatic hydroxyl groups excluding tert-OH is 1. The van der Waals surface area contributed by atoms with Gasteiger partial charge in [0.2, 0.25) is 0 Å². The first-order chi connectivity index (χ1) is 9.29. The number of rotatable bonds is 6. The summed E-state index contributed by atoms with van der Waals surface area (Å²) >= 11 is 0. The Morgan fingerprint density at radius 1 is 1.14 bits per heavy atom. The number of nitrogens with zero attached hydrogens (tertiary/aromatic N) is 2. The smallest absolute Gasteiger partial charge is 0.0443 e. The molecule has 1 saturated heterocycles. The van der Waals surface area contributed by atoms with Gasteiger partial charge in [0.15, 0.2) is 0 Å². The summed E-state index contributed by atoms with van der Waals surface area (Å²) in [4.78, 5) is 4.96. The van der Waals surface area contributed by atoms with Crippen molar-refractivity contribution in [2.75, 3.05) is 33.3 Å². The number of hydrogen-bond acceptors (Lipinski definition) is 3. The van der Waals surface area contributed by atoms with Crippen LogP contribution in [0.4, 0.5) is 0 Å². The van der Waals surface area contributed by atoms with Crippen molar-refractivity contribution in [3.8, 4) is 0 Å². The number of benzene rings is 1. The van der Waals surface area contributed by atoms with Crippen molar-refractivity contribution in [2.45, 2.75) is 31.8 Å². The highest BCUT2D eigenvalue weighted by atomic mass is 35.5. The predicted molar refractivity (Wildman–Crippen MR) is 93.6 cm³/mol. The van der Waals surface area contributed by atoms with E-state index in [-0.39, 0.29) is 24.8 Å². The molecule has 0 amide bonds. The van der Waals surface area contributed by atoms with E-state index in [0.717, 1.165) is 19.5 Å². The molecule has 0 bridgehead atoms. The summed E-state index contributed by atoms with van der Waals surface area (Å²) in [6.07, 6.45) is 3.38. The molecule has 1 heterocycles. The SMILES string of the molecule is CN(CCCO)C1CCN(Cc2ccccc2)CC1.Cl.Cl. The van der Waals surface area contributed by atoms with E-state index in [1.54, 1.807) is 0 Å². The van der Waals surface area contributed by atoms with Crippen molar-refractivity contribution in [3.05, 3.63) is 35.9 Å². The fourth-order valence-electron chi connectivity index (χ4n) is 2.86. The molecular weight excluding hydrogens is 307 g/mol. The number of halogens is 2. The van der Waals surface area contributed by atoms with Crippen LogP contribution in [0.2, 0.25) is 0 Å².